The molecule has 4 nitrogen and oxygen atoms in total. The van der Waals surface area contributed by atoms with Gasteiger partial charge in [-0.15, -0.1) is 0 Å². The number of hydrogen-bond acceptors (Lipinski definition) is 3. The van der Waals surface area contributed by atoms with Gasteiger partial charge in [0.05, 0.1) is 13.0 Å². The molecular weight excluding hydrogens is 343 g/mol. The van der Waals surface area contributed by atoms with E-state index in [0.29, 0.717) is 17.9 Å². The minimum atomic E-state index is -4.22. The van der Waals surface area contributed by atoms with Crippen LogP contribution in [0.2, 0.25) is 0 Å². The zero-order valence-corrected chi connectivity index (χ0v) is 14.6. The highest BCUT2D eigenvalue weighted by Crippen LogP contribution is 2.25. The largest absolute Gasteiger partial charge is 0.395 e. The van der Waals surface area contributed by atoms with Crippen LogP contribution in [0.4, 0.5) is 13.2 Å². The van der Waals surface area contributed by atoms with Gasteiger partial charge in [-0.2, -0.15) is 13.2 Å². The maximum absolute atomic E-state index is 12.6. The first-order valence-electron chi connectivity index (χ1n) is 8.98. The van der Waals surface area contributed by atoms with Crippen LogP contribution < -0.4 is 0 Å². The molecule has 0 bridgehead atoms. The summed E-state index contributed by atoms with van der Waals surface area (Å²) in [5.41, 5.74) is 0.926. The fourth-order valence-electron chi connectivity index (χ4n) is 3.60. The third-order valence-electron chi connectivity index (χ3n) is 4.89. The molecule has 1 aromatic carbocycles. The fourth-order valence-corrected chi connectivity index (χ4v) is 3.60. The van der Waals surface area contributed by atoms with Gasteiger partial charge in [-0.3, -0.25) is 4.90 Å². The van der Waals surface area contributed by atoms with Crippen molar-refractivity contribution >= 4 is 0 Å². The van der Waals surface area contributed by atoms with Crippen molar-refractivity contribution in [3.8, 4) is 11.4 Å². The number of nitrogens with zero attached hydrogens (tertiary/aromatic N) is 3. The Kier molecular flexibility index (Phi) is 5.98. The molecule has 0 amide bonds. The molecule has 0 spiro atoms. The fraction of sp³-hybridized carbons (Fsp3) is 0.526. The number of likely N-dealkylation sites (tertiary alicyclic amines) is 1. The zero-order valence-electron chi connectivity index (χ0n) is 14.6. The Labute approximate surface area is 151 Å². The van der Waals surface area contributed by atoms with Crippen LogP contribution in [0.5, 0.6) is 0 Å². The minimum Gasteiger partial charge on any atom is -0.395 e. The lowest BCUT2D eigenvalue weighted by molar-refractivity contribution is -0.127. The average Bonchev–Trinajstić information content (AvgIpc) is 3.07. The van der Waals surface area contributed by atoms with E-state index < -0.39 is 12.6 Å². The molecule has 1 atom stereocenters. The summed E-state index contributed by atoms with van der Waals surface area (Å²) in [7, 11) is 0. The minimum absolute atomic E-state index is 0.163. The molecule has 1 saturated heterocycles. The van der Waals surface area contributed by atoms with Crippen LogP contribution in [0.1, 0.15) is 24.8 Å². The number of rotatable bonds is 6. The Bertz CT molecular complexity index is 714. The molecule has 0 aliphatic carbocycles. The predicted octanol–water partition coefficient (Wildman–Crippen LogP) is 3.50. The van der Waals surface area contributed by atoms with Crippen molar-refractivity contribution in [2.75, 3.05) is 19.7 Å². The average molecular weight is 367 g/mol. The van der Waals surface area contributed by atoms with Crippen LogP contribution in [-0.4, -0.2) is 51.5 Å². The van der Waals surface area contributed by atoms with E-state index >= 15 is 0 Å². The van der Waals surface area contributed by atoms with Crippen LogP contribution in [0.15, 0.2) is 36.7 Å². The van der Waals surface area contributed by atoms with Gasteiger partial charge in [-0.05, 0) is 31.0 Å². The zero-order chi connectivity index (χ0) is 18.6. The first-order chi connectivity index (χ1) is 12.5. The van der Waals surface area contributed by atoms with Crippen molar-refractivity contribution in [3.05, 3.63) is 42.2 Å². The van der Waals surface area contributed by atoms with E-state index in [2.05, 4.69) is 9.88 Å². The van der Waals surface area contributed by atoms with Gasteiger partial charge in [0.1, 0.15) is 5.82 Å². The van der Waals surface area contributed by atoms with Gasteiger partial charge >= 0.3 is 6.18 Å². The quantitative estimate of drug-likeness (QED) is 0.850. The van der Waals surface area contributed by atoms with Gasteiger partial charge in [0.15, 0.2) is 0 Å². The van der Waals surface area contributed by atoms with E-state index in [1.807, 2.05) is 10.8 Å². The SMILES string of the molecule is OCC1CCCCN1CCn1ccnc1-c1cccc(CC(F)(F)F)c1. The summed E-state index contributed by atoms with van der Waals surface area (Å²) in [6.07, 6.45) is 1.65. The van der Waals surface area contributed by atoms with Gasteiger partial charge in [0.25, 0.3) is 0 Å². The van der Waals surface area contributed by atoms with Crippen LogP contribution in [0, 0.1) is 0 Å². The van der Waals surface area contributed by atoms with Gasteiger partial charge in [-0.25, -0.2) is 4.98 Å². The maximum Gasteiger partial charge on any atom is 0.393 e. The second-order valence-corrected chi connectivity index (χ2v) is 6.80. The molecule has 142 valence electrons. The molecule has 2 aromatic rings. The number of imidazole rings is 1. The summed E-state index contributed by atoms with van der Waals surface area (Å²) < 4.78 is 39.9. The monoisotopic (exact) mass is 367 g/mol. The number of alkyl halides is 3. The molecule has 1 aliphatic heterocycles. The molecule has 1 aliphatic rings. The first kappa shape index (κ1) is 18.9. The smallest absolute Gasteiger partial charge is 0.393 e. The van der Waals surface area contributed by atoms with E-state index in [1.165, 1.54) is 6.07 Å². The highest BCUT2D eigenvalue weighted by atomic mass is 19.4. The number of aromatic nitrogens is 2. The molecule has 0 radical (unpaired) electrons. The first-order valence-corrected chi connectivity index (χ1v) is 8.98. The van der Waals surface area contributed by atoms with E-state index in [9.17, 15) is 18.3 Å². The standard InChI is InChI=1S/C19H24F3N3O/c20-19(21,22)13-15-4-3-5-16(12-15)18-23-7-9-25(18)11-10-24-8-2-1-6-17(24)14-26/h3-5,7,9,12,17,26H,1-2,6,8,10-11,13-14H2. The summed E-state index contributed by atoms with van der Waals surface area (Å²) in [6.45, 7) is 2.61. The number of aliphatic hydroxyl groups is 1. The molecule has 1 fully saturated rings. The van der Waals surface area contributed by atoms with Gasteiger partial charge in [0.2, 0.25) is 0 Å². The number of benzene rings is 1. The van der Waals surface area contributed by atoms with Crippen molar-refractivity contribution in [2.45, 2.75) is 44.4 Å². The number of halogens is 3. The molecule has 7 heteroatoms. The Morgan fingerprint density at radius 3 is 2.81 bits per heavy atom. The third kappa shape index (κ3) is 4.86. The molecule has 26 heavy (non-hydrogen) atoms. The van der Waals surface area contributed by atoms with E-state index in [4.69, 9.17) is 0 Å². The van der Waals surface area contributed by atoms with Crippen LogP contribution in [0.25, 0.3) is 11.4 Å². The summed E-state index contributed by atoms with van der Waals surface area (Å²) in [5.74, 6) is 0.673. The van der Waals surface area contributed by atoms with Crippen LogP contribution in [-0.2, 0) is 13.0 Å². The van der Waals surface area contributed by atoms with Crippen molar-refractivity contribution in [1.29, 1.82) is 0 Å². The molecular formula is C19H24F3N3O. The molecule has 1 unspecified atom stereocenters. The van der Waals surface area contributed by atoms with Crippen molar-refractivity contribution in [2.24, 2.45) is 0 Å². The molecule has 2 heterocycles. The van der Waals surface area contributed by atoms with E-state index in [0.717, 1.165) is 32.4 Å². The lowest BCUT2D eigenvalue weighted by atomic mass is 10.0. The molecule has 1 N–H and O–H groups in total. The lowest BCUT2D eigenvalue weighted by Gasteiger charge is -2.34. The van der Waals surface area contributed by atoms with Gasteiger partial charge < -0.3 is 9.67 Å². The molecule has 3 rings (SSSR count). The summed E-state index contributed by atoms with van der Waals surface area (Å²) >= 11 is 0. The maximum atomic E-state index is 12.6. The Hall–Kier alpha value is -1.86. The van der Waals surface area contributed by atoms with Crippen LogP contribution >= 0.6 is 0 Å². The summed E-state index contributed by atoms with van der Waals surface area (Å²) in [4.78, 5) is 6.63. The highest BCUT2D eigenvalue weighted by molar-refractivity contribution is 5.56. The third-order valence-corrected chi connectivity index (χ3v) is 4.89. The van der Waals surface area contributed by atoms with E-state index in [1.54, 1.807) is 24.4 Å². The van der Waals surface area contributed by atoms with Crippen molar-refractivity contribution < 1.29 is 18.3 Å². The molecule has 0 saturated carbocycles. The highest BCUT2D eigenvalue weighted by Gasteiger charge is 2.27. The van der Waals surface area contributed by atoms with Crippen LogP contribution in [0.3, 0.4) is 0 Å². The molecule has 1 aromatic heterocycles. The van der Waals surface area contributed by atoms with Crippen molar-refractivity contribution in [1.82, 2.24) is 14.5 Å². The summed E-state index contributed by atoms with van der Waals surface area (Å²) in [6, 6.07) is 6.68. The van der Waals surface area contributed by atoms with E-state index in [-0.39, 0.29) is 18.2 Å². The van der Waals surface area contributed by atoms with Gasteiger partial charge in [-0.1, -0.05) is 24.6 Å². The Morgan fingerprint density at radius 2 is 2.04 bits per heavy atom. The Morgan fingerprint density at radius 1 is 1.19 bits per heavy atom. The Balaban J connectivity index is 1.71. The lowest BCUT2D eigenvalue weighted by Crippen LogP contribution is -2.43. The second-order valence-electron chi connectivity index (χ2n) is 6.80. The summed E-state index contributed by atoms with van der Waals surface area (Å²) in [5, 5.41) is 9.52. The number of hydrogen-bond donors (Lipinski definition) is 1. The second kappa shape index (κ2) is 8.22. The number of piperidine rings is 1. The normalized spacial score (nSPS) is 19.0. The topological polar surface area (TPSA) is 41.3 Å². The number of aliphatic hydroxyl groups excluding tert-OH is 1. The van der Waals surface area contributed by atoms with Gasteiger partial charge in [0, 0.05) is 37.1 Å². The predicted molar refractivity (Wildman–Crippen MR) is 93.7 cm³/mol. The van der Waals surface area contributed by atoms with Crippen molar-refractivity contribution in [3.63, 3.8) is 0 Å².